The van der Waals surface area contributed by atoms with Crippen LogP contribution in [0.2, 0.25) is 5.02 Å². The second kappa shape index (κ2) is 3.86. The number of benzene rings is 1. The number of hydrogen-bond donors (Lipinski definition) is 1. The maximum atomic E-state index is 10.9. The number of sulfonamides is 1. The molecule has 1 N–H and O–H groups in total. The minimum Gasteiger partial charge on any atom is -0.283 e. The van der Waals surface area contributed by atoms with Gasteiger partial charge in [-0.15, -0.1) is 0 Å². The van der Waals surface area contributed by atoms with E-state index < -0.39 is 10.0 Å². The van der Waals surface area contributed by atoms with Crippen LogP contribution in [0.5, 0.6) is 0 Å². The van der Waals surface area contributed by atoms with Crippen LogP contribution in [0.25, 0.3) is 0 Å². The van der Waals surface area contributed by atoms with Crippen LogP contribution in [-0.4, -0.2) is 14.7 Å². The van der Waals surface area contributed by atoms with Gasteiger partial charge in [-0.1, -0.05) is 11.6 Å². The first-order chi connectivity index (χ1) is 5.88. The summed E-state index contributed by atoms with van der Waals surface area (Å²) in [5, 5.41) is 0.547. The van der Waals surface area contributed by atoms with E-state index in [-0.39, 0.29) is 0 Å². The lowest BCUT2D eigenvalue weighted by Gasteiger charge is -2.05. The molecular formula is C7H7BrClNO2S. The average molecular weight is 285 g/mol. The van der Waals surface area contributed by atoms with Gasteiger partial charge >= 0.3 is 0 Å². The predicted octanol–water partition coefficient (Wildman–Crippen LogP) is 2.47. The summed E-state index contributed by atoms with van der Waals surface area (Å²) in [4.78, 5) is 0. The molecule has 0 radical (unpaired) electrons. The second-order valence-corrected chi connectivity index (χ2v) is 5.54. The zero-order valence-electron chi connectivity index (χ0n) is 6.71. The molecule has 0 atom stereocenters. The lowest BCUT2D eigenvalue weighted by molar-refractivity contribution is 0.607. The number of halogens is 2. The van der Waals surface area contributed by atoms with Crippen LogP contribution in [0.15, 0.2) is 22.7 Å². The predicted molar refractivity (Wildman–Crippen MR) is 57.6 cm³/mol. The van der Waals surface area contributed by atoms with E-state index in [2.05, 4.69) is 20.7 Å². The van der Waals surface area contributed by atoms with Crippen molar-refractivity contribution in [1.82, 2.24) is 0 Å². The standard InChI is InChI=1S/C7H7BrClNO2S/c1-13(11,12)10-7-3-2-5(9)4-6(7)8/h2-4,10H,1H3. The van der Waals surface area contributed by atoms with Crippen molar-refractivity contribution in [1.29, 1.82) is 0 Å². The molecule has 1 aromatic rings. The van der Waals surface area contributed by atoms with Gasteiger partial charge in [0.2, 0.25) is 10.0 Å². The first-order valence-corrected chi connectivity index (χ1v) is 6.37. The molecule has 6 heteroatoms. The largest absolute Gasteiger partial charge is 0.283 e. The van der Waals surface area contributed by atoms with Crippen molar-refractivity contribution in [2.75, 3.05) is 11.0 Å². The highest BCUT2D eigenvalue weighted by atomic mass is 79.9. The van der Waals surface area contributed by atoms with Crippen LogP contribution >= 0.6 is 27.5 Å². The van der Waals surface area contributed by atoms with Crippen molar-refractivity contribution < 1.29 is 8.42 Å². The first kappa shape index (κ1) is 10.8. The van der Waals surface area contributed by atoms with Gasteiger partial charge in [0, 0.05) is 9.50 Å². The van der Waals surface area contributed by atoms with E-state index in [9.17, 15) is 8.42 Å². The Bertz CT molecular complexity index is 419. The van der Waals surface area contributed by atoms with E-state index in [1.807, 2.05) is 0 Å². The van der Waals surface area contributed by atoms with Crippen LogP contribution in [-0.2, 0) is 10.0 Å². The molecule has 0 amide bonds. The van der Waals surface area contributed by atoms with Gasteiger partial charge in [0.1, 0.15) is 0 Å². The van der Waals surface area contributed by atoms with Crippen LogP contribution in [0.4, 0.5) is 5.69 Å². The van der Waals surface area contributed by atoms with E-state index in [1.54, 1.807) is 18.2 Å². The van der Waals surface area contributed by atoms with Gasteiger partial charge in [-0.25, -0.2) is 8.42 Å². The second-order valence-electron chi connectivity index (χ2n) is 2.50. The normalized spacial score (nSPS) is 11.3. The van der Waals surface area contributed by atoms with Gasteiger partial charge in [-0.3, -0.25) is 4.72 Å². The van der Waals surface area contributed by atoms with Crippen LogP contribution in [0.3, 0.4) is 0 Å². The van der Waals surface area contributed by atoms with E-state index >= 15 is 0 Å². The first-order valence-electron chi connectivity index (χ1n) is 3.31. The Labute approximate surface area is 90.3 Å². The molecule has 0 bridgehead atoms. The van der Waals surface area contributed by atoms with Gasteiger partial charge in [0.25, 0.3) is 0 Å². The van der Waals surface area contributed by atoms with E-state index in [4.69, 9.17) is 11.6 Å². The Morgan fingerprint density at radius 3 is 2.54 bits per heavy atom. The number of hydrogen-bond acceptors (Lipinski definition) is 2. The summed E-state index contributed by atoms with van der Waals surface area (Å²) < 4.78 is 24.7. The molecule has 0 saturated carbocycles. The summed E-state index contributed by atoms with van der Waals surface area (Å²) >= 11 is 8.87. The molecular weight excluding hydrogens is 278 g/mol. The smallest absolute Gasteiger partial charge is 0.229 e. The zero-order chi connectivity index (χ0) is 10.1. The summed E-state index contributed by atoms with van der Waals surface area (Å²) in [6, 6.07) is 4.82. The lowest BCUT2D eigenvalue weighted by atomic mass is 10.3. The fourth-order valence-corrected chi connectivity index (χ4v) is 2.26. The van der Waals surface area contributed by atoms with E-state index in [0.29, 0.717) is 15.2 Å². The molecule has 0 aliphatic carbocycles. The van der Waals surface area contributed by atoms with Crippen molar-refractivity contribution in [3.63, 3.8) is 0 Å². The molecule has 0 unspecified atom stereocenters. The SMILES string of the molecule is CS(=O)(=O)Nc1ccc(Cl)cc1Br. The van der Waals surface area contributed by atoms with Gasteiger partial charge in [-0.2, -0.15) is 0 Å². The van der Waals surface area contributed by atoms with Crippen LogP contribution < -0.4 is 4.72 Å². The zero-order valence-corrected chi connectivity index (χ0v) is 9.87. The molecule has 13 heavy (non-hydrogen) atoms. The van der Waals surface area contributed by atoms with E-state index in [0.717, 1.165) is 6.26 Å². The summed E-state index contributed by atoms with van der Waals surface area (Å²) in [7, 11) is -3.24. The molecule has 1 aromatic carbocycles. The van der Waals surface area contributed by atoms with Crippen LogP contribution in [0, 0.1) is 0 Å². The third-order valence-electron chi connectivity index (χ3n) is 1.23. The minimum absolute atomic E-state index is 0.479. The topological polar surface area (TPSA) is 46.2 Å². The van der Waals surface area contributed by atoms with Crippen molar-refractivity contribution in [2.45, 2.75) is 0 Å². The van der Waals surface area contributed by atoms with Gasteiger partial charge < -0.3 is 0 Å². The Hall–Kier alpha value is -0.260. The molecule has 0 fully saturated rings. The highest BCUT2D eigenvalue weighted by Crippen LogP contribution is 2.26. The maximum Gasteiger partial charge on any atom is 0.229 e. The third-order valence-corrected chi connectivity index (χ3v) is 2.71. The molecule has 0 aliphatic rings. The van der Waals surface area contributed by atoms with Crippen molar-refractivity contribution in [3.8, 4) is 0 Å². The number of nitrogens with one attached hydrogen (secondary N) is 1. The van der Waals surface area contributed by atoms with E-state index in [1.165, 1.54) is 0 Å². The van der Waals surface area contributed by atoms with Crippen molar-refractivity contribution in [2.24, 2.45) is 0 Å². The summed E-state index contributed by atoms with van der Waals surface area (Å²) in [6.07, 6.45) is 1.09. The number of anilines is 1. The summed E-state index contributed by atoms with van der Waals surface area (Å²) in [6.45, 7) is 0. The Kier molecular flexibility index (Phi) is 3.21. The minimum atomic E-state index is -3.24. The van der Waals surface area contributed by atoms with Gasteiger partial charge in [0.15, 0.2) is 0 Å². The maximum absolute atomic E-state index is 10.9. The van der Waals surface area contributed by atoms with Gasteiger partial charge in [-0.05, 0) is 34.1 Å². The molecule has 0 saturated heterocycles. The quantitative estimate of drug-likeness (QED) is 0.907. The highest BCUT2D eigenvalue weighted by molar-refractivity contribution is 9.10. The molecule has 0 aromatic heterocycles. The summed E-state index contributed by atoms with van der Waals surface area (Å²) in [5.74, 6) is 0. The average Bonchev–Trinajstić information content (AvgIpc) is 1.93. The van der Waals surface area contributed by atoms with Crippen LogP contribution in [0.1, 0.15) is 0 Å². The molecule has 1 rings (SSSR count). The molecule has 72 valence electrons. The van der Waals surface area contributed by atoms with Crippen molar-refractivity contribution in [3.05, 3.63) is 27.7 Å². The monoisotopic (exact) mass is 283 g/mol. The molecule has 3 nitrogen and oxygen atoms in total. The Morgan fingerprint density at radius 2 is 2.08 bits per heavy atom. The summed E-state index contributed by atoms with van der Waals surface area (Å²) in [5.41, 5.74) is 0.479. The molecule has 0 aliphatic heterocycles. The highest BCUT2D eigenvalue weighted by Gasteiger charge is 2.05. The Morgan fingerprint density at radius 1 is 1.46 bits per heavy atom. The lowest BCUT2D eigenvalue weighted by Crippen LogP contribution is -2.09. The fraction of sp³-hybridized carbons (Fsp3) is 0.143. The fourth-order valence-electron chi connectivity index (χ4n) is 0.772. The number of rotatable bonds is 2. The van der Waals surface area contributed by atoms with Crippen molar-refractivity contribution >= 4 is 43.2 Å². The molecule has 0 spiro atoms. The Balaban J connectivity index is 3.04. The van der Waals surface area contributed by atoms with Gasteiger partial charge in [0.05, 0.1) is 11.9 Å². The third kappa shape index (κ3) is 3.54. The molecule has 0 heterocycles.